The van der Waals surface area contributed by atoms with Gasteiger partial charge < -0.3 is 15.0 Å². The van der Waals surface area contributed by atoms with Crippen molar-refractivity contribution in [3.8, 4) is 5.75 Å². The van der Waals surface area contributed by atoms with E-state index in [1.54, 1.807) is 25.3 Å². The van der Waals surface area contributed by atoms with Crippen molar-refractivity contribution in [3.63, 3.8) is 0 Å². The van der Waals surface area contributed by atoms with Crippen molar-refractivity contribution in [1.82, 2.24) is 15.1 Å². The second kappa shape index (κ2) is 5.57. The summed E-state index contributed by atoms with van der Waals surface area (Å²) in [6.45, 7) is 2.34. The highest BCUT2D eigenvalue weighted by atomic mass is 16.5. The SMILES string of the molecule is COc1ccccc1N(C)C(=O)c1cnn2c1CNCC2. The predicted molar refractivity (Wildman–Crippen MR) is 79.7 cm³/mol. The molecule has 3 rings (SSSR count). The lowest BCUT2D eigenvalue weighted by molar-refractivity contribution is 0.0991. The molecule has 1 aliphatic rings. The molecule has 0 aliphatic carbocycles. The minimum Gasteiger partial charge on any atom is -0.495 e. The van der Waals surface area contributed by atoms with Crippen LogP contribution in [0.25, 0.3) is 0 Å². The first-order valence-electron chi connectivity index (χ1n) is 6.89. The number of hydrogen-bond acceptors (Lipinski definition) is 4. The van der Waals surface area contributed by atoms with E-state index in [0.717, 1.165) is 24.5 Å². The number of para-hydroxylation sites is 2. The molecule has 1 amide bonds. The van der Waals surface area contributed by atoms with Gasteiger partial charge in [0.15, 0.2) is 0 Å². The van der Waals surface area contributed by atoms with Crippen LogP contribution in [0, 0.1) is 0 Å². The van der Waals surface area contributed by atoms with Gasteiger partial charge in [-0.25, -0.2) is 0 Å². The van der Waals surface area contributed by atoms with Gasteiger partial charge in [0.2, 0.25) is 0 Å². The van der Waals surface area contributed by atoms with Crippen molar-refractivity contribution < 1.29 is 9.53 Å². The minimum absolute atomic E-state index is 0.0792. The van der Waals surface area contributed by atoms with Crippen LogP contribution in [-0.2, 0) is 13.1 Å². The number of anilines is 1. The highest BCUT2D eigenvalue weighted by Crippen LogP contribution is 2.28. The van der Waals surface area contributed by atoms with Crippen LogP contribution in [0.15, 0.2) is 30.5 Å². The number of amides is 1. The Hall–Kier alpha value is -2.34. The topological polar surface area (TPSA) is 59.4 Å². The standard InChI is InChI=1S/C15H18N4O2/c1-18(12-5-3-4-6-14(12)21-2)15(20)11-9-17-19-8-7-16-10-13(11)19/h3-6,9,16H,7-8,10H2,1-2H3. The number of methoxy groups -OCH3 is 1. The lowest BCUT2D eigenvalue weighted by atomic mass is 10.2. The first-order valence-corrected chi connectivity index (χ1v) is 6.89. The Morgan fingerprint density at radius 3 is 3.05 bits per heavy atom. The maximum Gasteiger partial charge on any atom is 0.261 e. The number of benzene rings is 1. The Balaban J connectivity index is 1.93. The van der Waals surface area contributed by atoms with Gasteiger partial charge in [0.1, 0.15) is 5.75 Å². The van der Waals surface area contributed by atoms with E-state index < -0.39 is 0 Å². The molecule has 0 fully saturated rings. The molecule has 1 N–H and O–H groups in total. The second-order valence-corrected chi connectivity index (χ2v) is 4.94. The van der Waals surface area contributed by atoms with E-state index in [0.29, 0.717) is 17.9 Å². The molecule has 1 aliphatic heterocycles. The molecule has 0 spiro atoms. The molecule has 2 heterocycles. The number of nitrogens with zero attached hydrogens (tertiary/aromatic N) is 3. The van der Waals surface area contributed by atoms with E-state index in [4.69, 9.17) is 4.74 Å². The van der Waals surface area contributed by atoms with Crippen LogP contribution in [0.2, 0.25) is 0 Å². The van der Waals surface area contributed by atoms with Gasteiger partial charge in [0.25, 0.3) is 5.91 Å². The molecule has 1 aromatic carbocycles. The van der Waals surface area contributed by atoms with Gasteiger partial charge in [-0.3, -0.25) is 9.48 Å². The Kier molecular flexibility index (Phi) is 3.62. The smallest absolute Gasteiger partial charge is 0.261 e. The number of rotatable bonds is 3. The normalized spacial score (nSPS) is 13.6. The molecule has 0 bridgehead atoms. The fourth-order valence-corrected chi connectivity index (χ4v) is 2.56. The maximum atomic E-state index is 12.7. The highest BCUT2D eigenvalue weighted by Gasteiger charge is 2.24. The number of nitrogens with one attached hydrogen (secondary N) is 1. The zero-order chi connectivity index (χ0) is 14.8. The quantitative estimate of drug-likeness (QED) is 0.923. The van der Waals surface area contributed by atoms with Crippen molar-refractivity contribution >= 4 is 11.6 Å². The Morgan fingerprint density at radius 1 is 1.43 bits per heavy atom. The predicted octanol–water partition coefficient (Wildman–Crippen LogP) is 1.27. The van der Waals surface area contributed by atoms with Crippen LogP contribution < -0.4 is 15.0 Å². The summed E-state index contributed by atoms with van der Waals surface area (Å²) in [7, 11) is 3.35. The summed E-state index contributed by atoms with van der Waals surface area (Å²) in [5, 5.41) is 7.56. The molecule has 0 saturated carbocycles. The Bertz CT molecular complexity index is 665. The van der Waals surface area contributed by atoms with E-state index in [1.165, 1.54) is 0 Å². The highest BCUT2D eigenvalue weighted by molar-refractivity contribution is 6.07. The van der Waals surface area contributed by atoms with E-state index in [-0.39, 0.29) is 5.91 Å². The molecular weight excluding hydrogens is 268 g/mol. The molecule has 0 atom stereocenters. The molecule has 6 nitrogen and oxygen atoms in total. The largest absolute Gasteiger partial charge is 0.495 e. The molecule has 0 radical (unpaired) electrons. The summed E-state index contributed by atoms with van der Waals surface area (Å²) >= 11 is 0. The molecule has 21 heavy (non-hydrogen) atoms. The van der Waals surface area contributed by atoms with Gasteiger partial charge in [0, 0.05) is 20.1 Å². The molecule has 6 heteroatoms. The Morgan fingerprint density at radius 2 is 2.24 bits per heavy atom. The number of hydrogen-bond donors (Lipinski definition) is 1. The van der Waals surface area contributed by atoms with Gasteiger partial charge in [0.05, 0.1) is 36.8 Å². The average molecular weight is 286 g/mol. The first-order chi connectivity index (χ1) is 10.2. The third kappa shape index (κ3) is 2.38. The summed E-state index contributed by atoms with van der Waals surface area (Å²) in [5.74, 6) is 0.594. The fraction of sp³-hybridized carbons (Fsp3) is 0.333. The van der Waals surface area contributed by atoms with Crippen molar-refractivity contribution in [2.75, 3.05) is 25.6 Å². The third-order valence-corrected chi connectivity index (χ3v) is 3.72. The van der Waals surface area contributed by atoms with Crippen LogP contribution in [0.3, 0.4) is 0 Å². The van der Waals surface area contributed by atoms with Crippen molar-refractivity contribution in [1.29, 1.82) is 0 Å². The third-order valence-electron chi connectivity index (χ3n) is 3.72. The van der Waals surface area contributed by atoms with Crippen LogP contribution >= 0.6 is 0 Å². The van der Waals surface area contributed by atoms with Crippen LogP contribution in [-0.4, -0.2) is 36.4 Å². The minimum atomic E-state index is -0.0792. The summed E-state index contributed by atoms with van der Waals surface area (Å²) in [6, 6.07) is 7.47. The zero-order valence-corrected chi connectivity index (χ0v) is 12.2. The molecular formula is C15H18N4O2. The van der Waals surface area contributed by atoms with Crippen LogP contribution in [0.1, 0.15) is 16.1 Å². The van der Waals surface area contributed by atoms with Crippen molar-refractivity contribution in [3.05, 3.63) is 41.7 Å². The van der Waals surface area contributed by atoms with Crippen molar-refractivity contribution in [2.24, 2.45) is 0 Å². The summed E-state index contributed by atoms with van der Waals surface area (Å²) < 4.78 is 7.21. The van der Waals surface area contributed by atoms with Crippen LogP contribution in [0.5, 0.6) is 5.75 Å². The molecule has 110 valence electrons. The van der Waals surface area contributed by atoms with Gasteiger partial charge in [-0.15, -0.1) is 0 Å². The lowest BCUT2D eigenvalue weighted by Crippen LogP contribution is -2.32. The Labute approximate surface area is 123 Å². The summed E-state index contributed by atoms with van der Waals surface area (Å²) in [5.41, 5.74) is 2.32. The number of aromatic nitrogens is 2. The van der Waals surface area contributed by atoms with E-state index in [2.05, 4.69) is 10.4 Å². The number of fused-ring (bicyclic) bond motifs is 1. The zero-order valence-electron chi connectivity index (χ0n) is 12.2. The van der Waals surface area contributed by atoms with Crippen LogP contribution in [0.4, 0.5) is 5.69 Å². The summed E-state index contributed by atoms with van der Waals surface area (Å²) in [6.07, 6.45) is 1.65. The lowest BCUT2D eigenvalue weighted by Gasteiger charge is -2.21. The maximum absolute atomic E-state index is 12.7. The number of carbonyl (C=O) groups is 1. The fourth-order valence-electron chi connectivity index (χ4n) is 2.56. The molecule has 2 aromatic rings. The van der Waals surface area contributed by atoms with Gasteiger partial charge in [-0.1, -0.05) is 12.1 Å². The van der Waals surface area contributed by atoms with Gasteiger partial charge in [-0.2, -0.15) is 5.10 Å². The monoisotopic (exact) mass is 286 g/mol. The van der Waals surface area contributed by atoms with Gasteiger partial charge >= 0.3 is 0 Å². The first kappa shape index (κ1) is 13.6. The average Bonchev–Trinajstić information content (AvgIpc) is 2.97. The van der Waals surface area contributed by atoms with E-state index >= 15 is 0 Å². The molecule has 0 saturated heterocycles. The van der Waals surface area contributed by atoms with Gasteiger partial charge in [-0.05, 0) is 12.1 Å². The van der Waals surface area contributed by atoms with Crippen molar-refractivity contribution in [2.45, 2.75) is 13.1 Å². The molecule has 0 unspecified atom stereocenters. The van der Waals surface area contributed by atoms with E-state index in [9.17, 15) is 4.79 Å². The molecule has 1 aromatic heterocycles. The number of ether oxygens (including phenoxy) is 1. The summed E-state index contributed by atoms with van der Waals surface area (Å²) in [4.78, 5) is 14.3. The number of carbonyl (C=O) groups excluding carboxylic acids is 1. The van der Waals surface area contributed by atoms with E-state index in [1.807, 2.05) is 28.9 Å². The second-order valence-electron chi connectivity index (χ2n) is 4.94.